The van der Waals surface area contributed by atoms with Crippen LogP contribution in [0.1, 0.15) is 73.9 Å². The number of halogens is 2. The topological polar surface area (TPSA) is 137 Å². The van der Waals surface area contributed by atoms with Gasteiger partial charge in [-0.25, -0.2) is 14.8 Å². The third-order valence-electron chi connectivity index (χ3n) is 11.8. The van der Waals surface area contributed by atoms with Crippen molar-refractivity contribution in [3.8, 4) is 33.5 Å². The number of H-pyrrole nitrogens is 2. The number of hydrogen-bond acceptors (Lipinski definition) is 7. The minimum absolute atomic E-state index is 0.0140. The second-order valence-corrected chi connectivity index (χ2v) is 14.8. The summed E-state index contributed by atoms with van der Waals surface area (Å²) in [6.07, 6.45) is 5.19. The maximum Gasteiger partial charge on any atom is 0.407 e. The van der Waals surface area contributed by atoms with E-state index in [1.165, 1.54) is 14.2 Å². The van der Waals surface area contributed by atoms with E-state index in [9.17, 15) is 9.59 Å². The minimum atomic E-state index is -3.18. The Morgan fingerprint density at radius 3 is 2.42 bits per heavy atom. The number of aromatic nitrogens is 4. The number of carbonyl (C=O) groups is 2. The number of amides is 2. The summed E-state index contributed by atoms with van der Waals surface area (Å²) in [7, 11) is 2.75. The van der Waals surface area contributed by atoms with Crippen LogP contribution < -0.4 is 10.6 Å². The molecule has 4 N–H and O–H groups in total. The van der Waals surface area contributed by atoms with Gasteiger partial charge in [0.05, 0.1) is 48.2 Å². The van der Waals surface area contributed by atoms with Crippen molar-refractivity contribution in [2.75, 3.05) is 20.8 Å². The molecule has 274 valence electrons. The third kappa shape index (κ3) is 5.51. The van der Waals surface area contributed by atoms with Gasteiger partial charge in [-0.1, -0.05) is 30.3 Å². The van der Waals surface area contributed by atoms with Crippen LogP contribution in [-0.4, -0.2) is 75.8 Å². The van der Waals surface area contributed by atoms with Crippen LogP contribution in [0, 0.1) is 5.92 Å². The summed E-state index contributed by atoms with van der Waals surface area (Å²) in [5.41, 5.74) is 5.30. The van der Waals surface area contributed by atoms with Crippen LogP contribution in [0.5, 0.6) is 0 Å². The van der Waals surface area contributed by atoms with Crippen molar-refractivity contribution < 1.29 is 27.8 Å². The smallest absolute Gasteiger partial charge is 0.407 e. The summed E-state index contributed by atoms with van der Waals surface area (Å²) < 4.78 is 42.8. The summed E-state index contributed by atoms with van der Waals surface area (Å²) in [5, 5.41) is 6.08. The Labute approximate surface area is 304 Å². The lowest BCUT2D eigenvalue weighted by Crippen LogP contribution is -2.56. The molecular formula is C40H41F2N7O4. The van der Waals surface area contributed by atoms with Crippen molar-refractivity contribution >= 4 is 23.0 Å². The zero-order chi connectivity index (χ0) is 36.6. The second kappa shape index (κ2) is 12.8. The first-order chi connectivity index (χ1) is 25.6. The number of methoxy groups -OCH3 is 2. The number of benzene rings is 3. The van der Waals surface area contributed by atoms with Gasteiger partial charge in [0, 0.05) is 29.8 Å². The molecule has 2 aromatic heterocycles. The van der Waals surface area contributed by atoms with Crippen molar-refractivity contribution in [3.63, 3.8) is 0 Å². The molecule has 1 unspecified atom stereocenters. The molecule has 53 heavy (non-hydrogen) atoms. The lowest BCUT2D eigenvalue weighted by Gasteiger charge is -2.37. The lowest BCUT2D eigenvalue weighted by molar-refractivity contribution is -0.141. The Morgan fingerprint density at radius 1 is 0.943 bits per heavy atom. The molecule has 4 heterocycles. The molecular weight excluding hydrogens is 680 g/mol. The third-order valence-corrected chi connectivity index (χ3v) is 11.8. The average Bonchev–Trinajstić information content (AvgIpc) is 4.03. The van der Waals surface area contributed by atoms with E-state index in [1.54, 1.807) is 37.4 Å². The SMILES string of the molecule is COC(=O)N[C@H](C(=O)N1[C@@H]2CCC(C2)[C@H]1c1nc2ccc(-c3ccc4c(c3)C(F)(F)c3cc(-c5cnc([C@@H]6CCCN6)[nH]5)ccc3-4)cc2[nH]1)[C@@H](C)OC. The van der Waals surface area contributed by atoms with Crippen molar-refractivity contribution in [3.05, 3.63) is 83.6 Å². The molecule has 6 atom stereocenters. The molecule has 2 aliphatic carbocycles. The highest BCUT2D eigenvalue weighted by molar-refractivity contribution is 5.89. The van der Waals surface area contributed by atoms with Gasteiger partial charge in [-0.15, -0.1) is 0 Å². The Hall–Kier alpha value is -5.14. The number of hydrogen-bond donors (Lipinski definition) is 4. The highest BCUT2D eigenvalue weighted by Gasteiger charge is 2.52. The van der Waals surface area contributed by atoms with E-state index in [-0.39, 0.29) is 41.1 Å². The molecule has 2 saturated heterocycles. The largest absolute Gasteiger partial charge is 0.453 e. The number of fused-ring (bicyclic) bond motifs is 6. The first-order valence-corrected chi connectivity index (χ1v) is 18.3. The van der Waals surface area contributed by atoms with Gasteiger partial charge >= 0.3 is 6.09 Å². The second-order valence-electron chi connectivity index (χ2n) is 14.8. The number of alkyl carbamates (subject to hydrolysis) is 1. The molecule has 2 aliphatic heterocycles. The molecule has 3 aromatic carbocycles. The van der Waals surface area contributed by atoms with E-state index in [2.05, 4.69) is 25.6 Å². The van der Waals surface area contributed by atoms with E-state index in [0.29, 0.717) is 33.6 Å². The molecule has 0 radical (unpaired) electrons. The number of likely N-dealkylation sites (tertiary alicyclic amines) is 1. The fourth-order valence-corrected chi connectivity index (χ4v) is 9.02. The number of nitrogens with one attached hydrogen (secondary N) is 4. The Bertz CT molecular complexity index is 2240. The minimum Gasteiger partial charge on any atom is -0.453 e. The van der Waals surface area contributed by atoms with E-state index >= 15 is 8.78 Å². The summed E-state index contributed by atoms with van der Waals surface area (Å²) in [4.78, 5) is 44.4. The summed E-state index contributed by atoms with van der Waals surface area (Å²) in [6, 6.07) is 15.1. The highest BCUT2D eigenvalue weighted by Crippen LogP contribution is 2.53. The van der Waals surface area contributed by atoms with Crippen LogP contribution in [0.25, 0.3) is 44.5 Å². The first kappa shape index (κ1) is 33.7. The standard InChI is InChI=1S/C40H41F2N7O4/c1-20(52-2)34(48-39(51)53-3)38(50)49-25-10-6-24(15-25)35(49)37-45-30-13-9-22(18-32(30)46-37)21-7-11-26-27-12-8-23(17-29(27)40(41,42)28(26)16-21)33-19-44-36(47-33)31-5-4-14-43-31/h7-9,11-13,16-20,24-25,31,34-35,43H,4-6,10,14-15H2,1-3H3,(H,44,47)(H,45,46)(H,48,51)/t20-,24?,25-,31+,34+,35+/m1/s1. The molecule has 2 amide bonds. The number of rotatable bonds is 8. The summed E-state index contributed by atoms with van der Waals surface area (Å²) >= 11 is 0. The van der Waals surface area contributed by atoms with Crippen LogP contribution in [-0.2, 0) is 20.2 Å². The van der Waals surface area contributed by atoms with E-state index in [4.69, 9.17) is 14.5 Å². The van der Waals surface area contributed by atoms with Gasteiger partial charge in [-0.3, -0.25) is 4.79 Å². The molecule has 13 heteroatoms. The van der Waals surface area contributed by atoms with Crippen molar-refractivity contribution in [1.82, 2.24) is 35.5 Å². The Morgan fingerprint density at radius 2 is 1.68 bits per heavy atom. The molecule has 1 saturated carbocycles. The van der Waals surface area contributed by atoms with Crippen molar-refractivity contribution in [1.29, 1.82) is 0 Å². The lowest BCUT2D eigenvalue weighted by atomic mass is 9.97. The number of piperidine rings is 1. The predicted molar refractivity (Wildman–Crippen MR) is 194 cm³/mol. The zero-order valence-electron chi connectivity index (χ0n) is 29.7. The maximum atomic E-state index is 16.3. The highest BCUT2D eigenvalue weighted by atomic mass is 19.3. The van der Waals surface area contributed by atoms with Crippen LogP contribution in [0.2, 0.25) is 0 Å². The molecule has 9 rings (SSSR count). The van der Waals surface area contributed by atoms with Crippen molar-refractivity contribution in [2.45, 2.75) is 75.2 Å². The Kier molecular flexibility index (Phi) is 8.11. The molecule has 5 aromatic rings. The van der Waals surface area contributed by atoms with Gasteiger partial charge in [0.1, 0.15) is 17.7 Å². The number of aromatic amines is 2. The number of carbonyl (C=O) groups excluding carboxylic acids is 2. The molecule has 11 nitrogen and oxygen atoms in total. The molecule has 0 spiro atoms. The van der Waals surface area contributed by atoms with Gasteiger partial charge in [-0.2, -0.15) is 8.78 Å². The first-order valence-electron chi connectivity index (χ1n) is 18.3. The summed E-state index contributed by atoms with van der Waals surface area (Å²) in [6.45, 7) is 2.68. The predicted octanol–water partition coefficient (Wildman–Crippen LogP) is 6.98. The van der Waals surface area contributed by atoms with E-state index in [0.717, 1.165) is 61.2 Å². The zero-order valence-corrected chi connectivity index (χ0v) is 29.7. The van der Waals surface area contributed by atoms with Gasteiger partial charge in [0.25, 0.3) is 5.92 Å². The number of nitrogens with zero attached hydrogens (tertiary/aromatic N) is 3. The van der Waals surface area contributed by atoms with Crippen LogP contribution in [0.3, 0.4) is 0 Å². The van der Waals surface area contributed by atoms with Crippen LogP contribution in [0.4, 0.5) is 13.6 Å². The van der Waals surface area contributed by atoms with Crippen LogP contribution >= 0.6 is 0 Å². The normalized spacial score (nSPS) is 23.6. The van der Waals surface area contributed by atoms with Gasteiger partial charge in [0.2, 0.25) is 5.91 Å². The van der Waals surface area contributed by atoms with Gasteiger partial charge in [-0.05, 0) is 98.0 Å². The van der Waals surface area contributed by atoms with Gasteiger partial charge in [0.15, 0.2) is 0 Å². The molecule has 4 aliphatic rings. The molecule has 3 fully saturated rings. The van der Waals surface area contributed by atoms with E-state index < -0.39 is 24.2 Å². The fourth-order valence-electron chi connectivity index (χ4n) is 9.02. The van der Waals surface area contributed by atoms with E-state index in [1.807, 2.05) is 35.2 Å². The maximum absolute atomic E-state index is 16.3. The monoisotopic (exact) mass is 721 g/mol. The van der Waals surface area contributed by atoms with Crippen LogP contribution in [0.15, 0.2) is 60.8 Å². The summed E-state index contributed by atoms with van der Waals surface area (Å²) in [5.74, 6) is -1.72. The van der Waals surface area contributed by atoms with Gasteiger partial charge < -0.3 is 35.0 Å². The number of imidazole rings is 2. The molecule has 2 bridgehead atoms. The Balaban J connectivity index is 0.998. The number of alkyl halides is 2. The van der Waals surface area contributed by atoms with Crippen molar-refractivity contribution in [2.24, 2.45) is 5.92 Å². The quantitative estimate of drug-likeness (QED) is 0.136. The fraction of sp³-hybridized carbons (Fsp3) is 0.400. The number of ether oxygens (including phenoxy) is 2. The average molecular weight is 722 g/mol.